The summed E-state index contributed by atoms with van der Waals surface area (Å²) < 4.78 is 5.67. The maximum absolute atomic E-state index is 11.3. The highest BCUT2D eigenvalue weighted by Crippen LogP contribution is 2.21. The molecule has 22 heavy (non-hydrogen) atoms. The van der Waals surface area contributed by atoms with Crippen molar-refractivity contribution in [3.63, 3.8) is 0 Å². The molecule has 1 N–H and O–H groups in total. The molecular formula is C19H38O3. The van der Waals surface area contributed by atoms with Gasteiger partial charge in [-0.25, -0.2) is 4.79 Å². The van der Waals surface area contributed by atoms with Crippen molar-refractivity contribution in [1.82, 2.24) is 0 Å². The molecule has 0 heterocycles. The van der Waals surface area contributed by atoms with Gasteiger partial charge in [-0.1, -0.05) is 85.0 Å². The summed E-state index contributed by atoms with van der Waals surface area (Å²) in [6.45, 7) is 6.60. The number of ether oxygens (including phenoxy) is 1. The summed E-state index contributed by atoms with van der Waals surface area (Å²) in [6, 6.07) is 0. The molecule has 0 bridgehead atoms. The third kappa shape index (κ3) is 9.45. The first kappa shape index (κ1) is 21.4. The quantitative estimate of drug-likeness (QED) is 0.358. The van der Waals surface area contributed by atoms with Crippen LogP contribution in [0.2, 0.25) is 0 Å². The van der Waals surface area contributed by atoms with Crippen LogP contribution in [0, 0.1) is 0 Å². The Bertz CT molecular complexity index is 259. The van der Waals surface area contributed by atoms with E-state index in [1.165, 1.54) is 57.8 Å². The summed E-state index contributed by atoms with van der Waals surface area (Å²) in [4.78, 5) is 11.3. The fourth-order valence-corrected chi connectivity index (χ4v) is 2.85. The molecule has 0 fully saturated rings. The van der Waals surface area contributed by atoms with Crippen LogP contribution in [0.4, 0.5) is 0 Å². The minimum Gasteiger partial charge on any atom is -0.479 e. The molecule has 3 heteroatoms. The summed E-state index contributed by atoms with van der Waals surface area (Å²) in [5.74, 6) is -0.819. The maximum Gasteiger partial charge on any atom is 0.335 e. The van der Waals surface area contributed by atoms with Gasteiger partial charge in [0.25, 0.3) is 0 Å². The molecule has 0 atom stereocenters. The van der Waals surface area contributed by atoms with Crippen LogP contribution in [0.5, 0.6) is 0 Å². The van der Waals surface area contributed by atoms with Crippen LogP contribution in [0.25, 0.3) is 0 Å². The molecule has 0 amide bonds. The lowest BCUT2D eigenvalue weighted by Crippen LogP contribution is -2.40. The summed E-state index contributed by atoms with van der Waals surface area (Å²) in [5.41, 5.74) is -0.960. The molecule has 0 saturated heterocycles. The van der Waals surface area contributed by atoms with Gasteiger partial charge < -0.3 is 9.84 Å². The van der Waals surface area contributed by atoms with Crippen LogP contribution in [0.15, 0.2) is 0 Å². The fraction of sp³-hybridized carbons (Fsp3) is 0.947. The number of carboxylic acid groups (broad SMARTS) is 1. The van der Waals surface area contributed by atoms with Gasteiger partial charge in [-0.2, -0.15) is 0 Å². The van der Waals surface area contributed by atoms with Crippen LogP contribution in [0.3, 0.4) is 0 Å². The third-order valence-corrected chi connectivity index (χ3v) is 4.66. The van der Waals surface area contributed by atoms with E-state index >= 15 is 0 Å². The van der Waals surface area contributed by atoms with Gasteiger partial charge in [0.1, 0.15) is 0 Å². The van der Waals surface area contributed by atoms with Crippen LogP contribution >= 0.6 is 0 Å². The smallest absolute Gasteiger partial charge is 0.335 e. The monoisotopic (exact) mass is 314 g/mol. The van der Waals surface area contributed by atoms with E-state index in [0.717, 1.165) is 12.8 Å². The normalized spacial score (nSPS) is 11.8. The van der Waals surface area contributed by atoms with Crippen molar-refractivity contribution >= 4 is 5.97 Å². The second-order valence-electron chi connectivity index (χ2n) is 6.39. The second kappa shape index (κ2) is 14.0. The van der Waals surface area contributed by atoms with E-state index in [9.17, 15) is 9.90 Å². The Balaban J connectivity index is 3.44. The van der Waals surface area contributed by atoms with Crippen LogP contribution in [0.1, 0.15) is 104 Å². The molecule has 0 aromatic heterocycles. The summed E-state index contributed by atoms with van der Waals surface area (Å²) in [7, 11) is 0. The zero-order valence-corrected chi connectivity index (χ0v) is 15.2. The van der Waals surface area contributed by atoms with Crippen molar-refractivity contribution < 1.29 is 14.6 Å². The highest BCUT2D eigenvalue weighted by atomic mass is 16.5. The topological polar surface area (TPSA) is 46.5 Å². The first-order chi connectivity index (χ1) is 10.6. The average Bonchev–Trinajstić information content (AvgIpc) is 2.52. The summed E-state index contributed by atoms with van der Waals surface area (Å²) in [5, 5.41) is 9.28. The van der Waals surface area contributed by atoms with Gasteiger partial charge in [-0.3, -0.25) is 0 Å². The lowest BCUT2D eigenvalue weighted by atomic mass is 9.97. The van der Waals surface area contributed by atoms with E-state index in [-0.39, 0.29) is 0 Å². The molecule has 0 radical (unpaired) electrons. The van der Waals surface area contributed by atoms with Crippen LogP contribution in [-0.4, -0.2) is 23.3 Å². The van der Waals surface area contributed by atoms with Crippen molar-refractivity contribution in [2.75, 3.05) is 6.61 Å². The predicted molar refractivity (Wildman–Crippen MR) is 93.4 cm³/mol. The molecule has 0 saturated carbocycles. The third-order valence-electron chi connectivity index (χ3n) is 4.66. The Kier molecular flexibility index (Phi) is 13.7. The van der Waals surface area contributed by atoms with Crippen molar-refractivity contribution in [2.24, 2.45) is 0 Å². The molecule has 0 rings (SSSR count). The second-order valence-corrected chi connectivity index (χ2v) is 6.39. The molecule has 0 unspecified atom stereocenters. The number of unbranched alkanes of at least 4 members (excludes halogenated alkanes) is 10. The molecule has 132 valence electrons. The predicted octanol–water partition coefficient (Wildman–Crippen LogP) is 5.96. The van der Waals surface area contributed by atoms with Crippen LogP contribution < -0.4 is 0 Å². The molecule has 0 aliphatic rings. The molecule has 0 spiro atoms. The van der Waals surface area contributed by atoms with Crippen molar-refractivity contribution in [2.45, 2.75) is 110 Å². The average molecular weight is 315 g/mol. The van der Waals surface area contributed by atoms with Gasteiger partial charge in [0.2, 0.25) is 0 Å². The Hall–Kier alpha value is -0.570. The van der Waals surface area contributed by atoms with Gasteiger partial charge in [0.15, 0.2) is 5.60 Å². The molecule has 0 aliphatic heterocycles. The largest absolute Gasteiger partial charge is 0.479 e. The fourth-order valence-electron chi connectivity index (χ4n) is 2.85. The number of aliphatic carboxylic acids is 1. The number of hydrogen-bond donors (Lipinski definition) is 1. The van der Waals surface area contributed by atoms with E-state index in [0.29, 0.717) is 19.4 Å². The van der Waals surface area contributed by atoms with E-state index < -0.39 is 11.6 Å². The highest BCUT2D eigenvalue weighted by Gasteiger charge is 2.35. The SMILES string of the molecule is CCCCCCCCCCCCCOC(CC)(CC)C(=O)O. The van der Waals surface area contributed by atoms with Crippen molar-refractivity contribution in [3.05, 3.63) is 0 Å². The minimum absolute atomic E-state index is 0.539. The number of rotatable bonds is 16. The van der Waals surface area contributed by atoms with Crippen LogP contribution in [-0.2, 0) is 9.53 Å². The van der Waals surface area contributed by atoms with Gasteiger partial charge in [0.05, 0.1) is 0 Å². The van der Waals surface area contributed by atoms with E-state index in [2.05, 4.69) is 6.92 Å². The van der Waals surface area contributed by atoms with E-state index in [1.807, 2.05) is 13.8 Å². The molecule has 0 aromatic rings. The molecular weight excluding hydrogens is 276 g/mol. The Labute approximate surface area is 137 Å². The van der Waals surface area contributed by atoms with Crippen molar-refractivity contribution in [1.29, 1.82) is 0 Å². The Morgan fingerprint density at radius 3 is 1.55 bits per heavy atom. The first-order valence-electron chi connectivity index (χ1n) is 9.50. The molecule has 0 aliphatic carbocycles. The number of carboxylic acids is 1. The summed E-state index contributed by atoms with van der Waals surface area (Å²) in [6.07, 6.45) is 15.4. The first-order valence-corrected chi connectivity index (χ1v) is 9.50. The number of carbonyl (C=O) groups is 1. The lowest BCUT2D eigenvalue weighted by Gasteiger charge is -2.27. The van der Waals surface area contributed by atoms with Gasteiger partial charge in [-0.15, -0.1) is 0 Å². The highest BCUT2D eigenvalue weighted by molar-refractivity contribution is 5.77. The Morgan fingerprint density at radius 1 is 0.773 bits per heavy atom. The minimum atomic E-state index is -0.960. The van der Waals surface area contributed by atoms with Gasteiger partial charge in [-0.05, 0) is 19.3 Å². The zero-order valence-electron chi connectivity index (χ0n) is 15.2. The van der Waals surface area contributed by atoms with Gasteiger partial charge in [0, 0.05) is 6.61 Å². The van der Waals surface area contributed by atoms with E-state index in [4.69, 9.17) is 4.74 Å². The maximum atomic E-state index is 11.3. The zero-order chi connectivity index (χ0) is 16.7. The molecule has 0 aromatic carbocycles. The standard InChI is InChI=1S/C19H38O3/c1-4-7-8-9-10-11-12-13-14-15-16-17-22-19(5-2,6-3)18(20)21/h4-17H2,1-3H3,(H,20,21). The summed E-state index contributed by atoms with van der Waals surface area (Å²) >= 11 is 0. The van der Waals surface area contributed by atoms with E-state index in [1.54, 1.807) is 0 Å². The number of hydrogen-bond acceptors (Lipinski definition) is 2. The van der Waals surface area contributed by atoms with Crippen molar-refractivity contribution in [3.8, 4) is 0 Å². The lowest BCUT2D eigenvalue weighted by molar-refractivity contribution is -0.167. The van der Waals surface area contributed by atoms with Gasteiger partial charge >= 0.3 is 5.97 Å². The Morgan fingerprint density at radius 2 is 1.18 bits per heavy atom. The molecule has 3 nitrogen and oxygen atoms in total.